The maximum absolute atomic E-state index is 11.7. The van der Waals surface area contributed by atoms with Gasteiger partial charge < -0.3 is 19.3 Å². The second kappa shape index (κ2) is 5.43. The molecule has 3 fully saturated rings. The predicted molar refractivity (Wildman–Crippen MR) is 84.9 cm³/mol. The number of carbonyl (C=O) groups excluding carboxylic acids is 1. The summed E-state index contributed by atoms with van der Waals surface area (Å²) >= 11 is 0. The van der Waals surface area contributed by atoms with Crippen LogP contribution in [-0.2, 0) is 19.0 Å². The Balaban J connectivity index is 2.03. The molecular weight excluding hydrogens is 296 g/mol. The maximum Gasteiger partial charge on any atom is 0.332 e. The molecule has 5 nitrogen and oxygen atoms in total. The molecule has 5 unspecified atom stereocenters. The molecule has 1 aliphatic carbocycles. The topological polar surface area (TPSA) is 65.0 Å². The maximum atomic E-state index is 11.7. The van der Waals surface area contributed by atoms with E-state index in [4.69, 9.17) is 19.3 Å². The molecule has 0 aromatic carbocycles. The second-order valence-corrected chi connectivity index (χ2v) is 8.21. The molecule has 2 saturated heterocycles. The minimum atomic E-state index is -0.586. The van der Waals surface area contributed by atoms with E-state index < -0.39 is 18.2 Å². The predicted octanol–water partition coefficient (Wildman–Crippen LogP) is 2.30. The van der Waals surface area contributed by atoms with Crippen molar-refractivity contribution in [1.29, 1.82) is 0 Å². The molecule has 1 saturated carbocycles. The summed E-state index contributed by atoms with van der Waals surface area (Å²) < 4.78 is 18.4. The summed E-state index contributed by atoms with van der Waals surface area (Å²) in [6.07, 6.45) is 3.33. The summed E-state index contributed by atoms with van der Waals surface area (Å²) in [7, 11) is 1.81. The number of hydrogen-bond donors (Lipinski definition) is 1. The molecule has 23 heavy (non-hydrogen) atoms. The first kappa shape index (κ1) is 17.2. The lowest BCUT2D eigenvalue weighted by molar-refractivity contribution is -0.267. The molecule has 0 aromatic heterocycles. The molecule has 0 spiro atoms. The van der Waals surface area contributed by atoms with Crippen molar-refractivity contribution in [2.45, 2.75) is 76.3 Å². The van der Waals surface area contributed by atoms with Gasteiger partial charge in [0.05, 0.1) is 11.2 Å². The zero-order valence-corrected chi connectivity index (χ0v) is 14.9. The van der Waals surface area contributed by atoms with Gasteiger partial charge in [0, 0.05) is 25.9 Å². The number of aliphatic hydroxyl groups excluding tert-OH is 1. The summed E-state index contributed by atoms with van der Waals surface area (Å²) in [4.78, 5) is 11.7. The third kappa shape index (κ3) is 2.19. The van der Waals surface area contributed by atoms with Crippen LogP contribution >= 0.6 is 0 Å². The Hall–Kier alpha value is -0.650. The van der Waals surface area contributed by atoms with Crippen molar-refractivity contribution in [3.8, 4) is 0 Å². The lowest BCUT2D eigenvalue weighted by Gasteiger charge is -2.54. The van der Waals surface area contributed by atoms with Gasteiger partial charge in [0.1, 0.15) is 18.3 Å². The molecule has 2 heterocycles. The Kier molecular flexibility index (Phi) is 4.06. The molecule has 0 radical (unpaired) electrons. The molecule has 5 heteroatoms. The van der Waals surface area contributed by atoms with Crippen molar-refractivity contribution in [2.75, 3.05) is 13.7 Å². The summed E-state index contributed by atoms with van der Waals surface area (Å²) in [5, 5.41) is 9.08. The molecule has 2 aliphatic heterocycles. The van der Waals surface area contributed by atoms with Crippen LogP contribution in [-0.4, -0.2) is 47.7 Å². The zero-order chi connectivity index (χ0) is 17.0. The van der Waals surface area contributed by atoms with E-state index in [1.165, 1.54) is 0 Å². The van der Waals surface area contributed by atoms with E-state index in [1.54, 1.807) is 0 Å². The van der Waals surface area contributed by atoms with Crippen molar-refractivity contribution < 1.29 is 24.1 Å². The van der Waals surface area contributed by atoms with Gasteiger partial charge in [-0.2, -0.15) is 0 Å². The summed E-state index contributed by atoms with van der Waals surface area (Å²) in [6.45, 7) is 8.08. The van der Waals surface area contributed by atoms with Crippen LogP contribution in [0.5, 0.6) is 0 Å². The van der Waals surface area contributed by atoms with Crippen molar-refractivity contribution in [3.63, 3.8) is 0 Å². The largest absolute Gasteiger partial charge is 0.457 e. The summed E-state index contributed by atoms with van der Waals surface area (Å²) in [5.41, 5.74) is -1.09. The lowest BCUT2D eigenvalue weighted by Crippen LogP contribution is -2.62. The molecule has 132 valence electrons. The second-order valence-electron chi connectivity index (χ2n) is 8.21. The first-order valence-electron chi connectivity index (χ1n) is 8.80. The van der Waals surface area contributed by atoms with Gasteiger partial charge in [-0.1, -0.05) is 20.8 Å². The van der Waals surface area contributed by atoms with E-state index in [2.05, 4.69) is 27.7 Å². The summed E-state index contributed by atoms with van der Waals surface area (Å²) in [5.74, 6) is 0.410. The van der Waals surface area contributed by atoms with Crippen LogP contribution in [0.25, 0.3) is 0 Å². The van der Waals surface area contributed by atoms with Crippen LogP contribution in [0.15, 0.2) is 0 Å². The molecule has 6 atom stereocenters. The highest BCUT2D eigenvalue weighted by molar-refractivity contribution is 5.70. The fourth-order valence-electron chi connectivity index (χ4n) is 5.58. The van der Waals surface area contributed by atoms with Crippen LogP contribution in [0.3, 0.4) is 0 Å². The van der Waals surface area contributed by atoms with E-state index in [-0.39, 0.29) is 23.2 Å². The third-order valence-corrected chi connectivity index (χ3v) is 7.01. The average Bonchev–Trinajstić information content (AvgIpc) is 2.95. The van der Waals surface area contributed by atoms with Crippen molar-refractivity contribution in [3.05, 3.63) is 0 Å². The number of esters is 1. The highest BCUT2D eigenvalue weighted by Crippen LogP contribution is 2.65. The monoisotopic (exact) mass is 326 g/mol. The van der Waals surface area contributed by atoms with Crippen molar-refractivity contribution >= 4 is 5.97 Å². The van der Waals surface area contributed by atoms with Crippen LogP contribution < -0.4 is 0 Å². The fourth-order valence-corrected chi connectivity index (χ4v) is 5.58. The van der Waals surface area contributed by atoms with Crippen molar-refractivity contribution in [1.82, 2.24) is 0 Å². The molecule has 3 rings (SSSR count). The number of hydrogen-bond acceptors (Lipinski definition) is 5. The number of fused-ring (bicyclic) bond motifs is 4. The van der Waals surface area contributed by atoms with E-state index in [0.29, 0.717) is 18.3 Å². The molecular formula is C18H30O5. The molecule has 0 amide bonds. The van der Waals surface area contributed by atoms with Crippen LogP contribution in [0.2, 0.25) is 0 Å². The van der Waals surface area contributed by atoms with Gasteiger partial charge in [-0.15, -0.1) is 0 Å². The molecule has 3 aliphatic rings. The Labute approximate surface area is 138 Å². The van der Waals surface area contributed by atoms with Gasteiger partial charge in [-0.25, -0.2) is 4.79 Å². The van der Waals surface area contributed by atoms with E-state index in [1.807, 2.05) is 7.11 Å². The zero-order valence-electron chi connectivity index (χ0n) is 14.9. The molecule has 2 bridgehead atoms. The molecule has 0 aromatic rings. The number of ether oxygens (including phenoxy) is 3. The van der Waals surface area contributed by atoms with E-state index in [9.17, 15) is 4.79 Å². The van der Waals surface area contributed by atoms with E-state index >= 15 is 0 Å². The van der Waals surface area contributed by atoms with Crippen molar-refractivity contribution in [2.24, 2.45) is 17.8 Å². The summed E-state index contributed by atoms with van der Waals surface area (Å²) in [6, 6.07) is 0. The SMILES string of the molecule is COC12CC3(C(C)C)CC(OC(=O)CO)C(C)(O3)[C@@H]1CCC2C. The minimum Gasteiger partial charge on any atom is -0.457 e. The van der Waals surface area contributed by atoms with Crippen LogP contribution in [0.4, 0.5) is 0 Å². The van der Waals surface area contributed by atoms with Crippen LogP contribution in [0, 0.1) is 17.8 Å². The highest BCUT2D eigenvalue weighted by Gasteiger charge is 2.72. The van der Waals surface area contributed by atoms with Gasteiger partial charge in [0.15, 0.2) is 0 Å². The first-order chi connectivity index (χ1) is 10.7. The Bertz CT molecular complexity index is 492. The smallest absolute Gasteiger partial charge is 0.332 e. The number of aliphatic hydroxyl groups is 1. The fraction of sp³-hybridized carbons (Fsp3) is 0.944. The number of carbonyl (C=O) groups is 1. The highest BCUT2D eigenvalue weighted by atomic mass is 16.6. The van der Waals surface area contributed by atoms with E-state index in [0.717, 1.165) is 19.3 Å². The lowest BCUT2D eigenvalue weighted by atomic mass is 9.68. The van der Waals surface area contributed by atoms with Gasteiger partial charge in [-0.3, -0.25) is 0 Å². The van der Waals surface area contributed by atoms with Gasteiger partial charge in [0.25, 0.3) is 0 Å². The Morgan fingerprint density at radius 3 is 2.65 bits per heavy atom. The Morgan fingerprint density at radius 2 is 2.09 bits per heavy atom. The number of rotatable bonds is 4. The van der Waals surface area contributed by atoms with Gasteiger partial charge in [0.2, 0.25) is 0 Å². The standard InChI is InChI=1S/C18H30O5/c1-11(2)17-8-14(22-15(20)9-19)16(4,23-17)13-7-6-12(3)18(13,10-17)21-5/h11-14,19H,6-10H2,1-5H3/t12?,13-,14?,16?,17?,18?/m0/s1. The number of methoxy groups -OCH3 is 1. The van der Waals surface area contributed by atoms with Crippen LogP contribution in [0.1, 0.15) is 53.4 Å². The normalized spacial score (nSPS) is 48.6. The molecule has 1 N–H and O–H groups in total. The Morgan fingerprint density at radius 1 is 1.39 bits per heavy atom. The quantitative estimate of drug-likeness (QED) is 0.803. The minimum absolute atomic E-state index is 0.209. The van der Waals surface area contributed by atoms with Gasteiger partial charge in [-0.05, 0) is 31.6 Å². The first-order valence-corrected chi connectivity index (χ1v) is 8.80. The van der Waals surface area contributed by atoms with Gasteiger partial charge >= 0.3 is 5.97 Å². The average molecular weight is 326 g/mol. The third-order valence-electron chi connectivity index (χ3n) is 7.01.